The number of benzene rings is 1. The molecule has 0 aliphatic rings. The molecule has 4 nitrogen and oxygen atoms in total. The van der Waals surface area contributed by atoms with Crippen LogP contribution in [0.1, 0.15) is 22.8 Å². The fourth-order valence-electron chi connectivity index (χ4n) is 2.74. The second-order valence-electron chi connectivity index (χ2n) is 5.62. The Labute approximate surface area is 134 Å². The summed E-state index contributed by atoms with van der Waals surface area (Å²) in [5.74, 6) is 0.687. The van der Waals surface area contributed by atoms with Crippen molar-refractivity contribution in [2.45, 2.75) is 13.8 Å². The average Bonchev–Trinajstić information content (AvgIpc) is 2.98. The van der Waals surface area contributed by atoms with E-state index in [0.717, 1.165) is 22.6 Å². The van der Waals surface area contributed by atoms with Crippen LogP contribution in [-0.2, 0) is 0 Å². The standard InChI is InChI=1S/C19H16N4/c1-13-12-15(20-17-8-4-3-7-16(13)17)10-11-18-21-19-9-5-6-14(2)23(19)22-18/h3-12H,1-2H3. The minimum atomic E-state index is 0.687. The van der Waals surface area contributed by atoms with Crippen molar-refractivity contribution in [3.8, 4) is 0 Å². The minimum absolute atomic E-state index is 0.687. The van der Waals surface area contributed by atoms with Crippen LogP contribution in [0.3, 0.4) is 0 Å². The minimum Gasteiger partial charge on any atom is -0.248 e. The van der Waals surface area contributed by atoms with Gasteiger partial charge in [0, 0.05) is 11.1 Å². The van der Waals surface area contributed by atoms with Crippen molar-refractivity contribution in [3.05, 3.63) is 71.3 Å². The molecule has 0 aliphatic heterocycles. The summed E-state index contributed by atoms with van der Waals surface area (Å²) in [7, 11) is 0. The fourth-order valence-corrected chi connectivity index (χ4v) is 2.74. The normalized spacial score (nSPS) is 11.7. The Morgan fingerprint density at radius 1 is 0.913 bits per heavy atom. The monoisotopic (exact) mass is 300 g/mol. The van der Waals surface area contributed by atoms with Gasteiger partial charge in [-0.15, -0.1) is 5.10 Å². The van der Waals surface area contributed by atoms with E-state index in [0.29, 0.717) is 5.82 Å². The molecule has 0 N–H and O–H groups in total. The van der Waals surface area contributed by atoms with E-state index in [1.165, 1.54) is 10.9 Å². The molecule has 0 unspecified atom stereocenters. The molecule has 1 aromatic carbocycles. The van der Waals surface area contributed by atoms with Crippen LogP contribution in [0.4, 0.5) is 0 Å². The van der Waals surface area contributed by atoms with Crippen molar-refractivity contribution in [1.82, 2.24) is 19.6 Å². The summed E-state index contributed by atoms with van der Waals surface area (Å²) in [4.78, 5) is 9.18. The fraction of sp³-hybridized carbons (Fsp3) is 0.105. The van der Waals surface area contributed by atoms with Crippen molar-refractivity contribution in [2.75, 3.05) is 0 Å². The quantitative estimate of drug-likeness (QED) is 0.560. The van der Waals surface area contributed by atoms with Crippen LogP contribution in [0, 0.1) is 13.8 Å². The number of aryl methyl sites for hydroxylation is 2. The lowest BCUT2D eigenvalue weighted by Crippen LogP contribution is -1.91. The number of hydrogen-bond acceptors (Lipinski definition) is 3. The number of rotatable bonds is 2. The Kier molecular flexibility index (Phi) is 3.15. The van der Waals surface area contributed by atoms with Gasteiger partial charge in [-0.1, -0.05) is 24.3 Å². The molecule has 23 heavy (non-hydrogen) atoms. The second-order valence-corrected chi connectivity index (χ2v) is 5.62. The van der Waals surface area contributed by atoms with Gasteiger partial charge in [0.2, 0.25) is 0 Å². The molecular weight excluding hydrogens is 284 g/mol. The van der Waals surface area contributed by atoms with Crippen LogP contribution < -0.4 is 0 Å². The topological polar surface area (TPSA) is 43.1 Å². The lowest BCUT2D eigenvalue weighted by atomic mass is 10.1. The molecule has 3 heterocycles. The van der Waals surface area contributed by atoms with Crippen molar-refractivity contribution < 1.29 is 0 Å². The molecule has 0 atom stereocenters. The third-order valence-corrected chi connectivity index (χ3v) is 3.91. The zero-order chi connectivity index (χ0) is 15.8. The maximum absolute atomic E-state index is 4.67. The number of nitrogens with zero attached hydrogens (tertiary/aromatic N) is 4. The van der Waals surface area contributed by atoms with Gasteiger partial charge in [0.1, 0.15) is 0 Å². The second kappa shape index (κ2) is 5.32. The molecule has 4 rings (SSSR count). The third kappa shape index (κ3) is 2.48. The van der Waals surface area contributed by atoms with Gasteiger partial charge in [0.05, 0.1) is 11.2 Å². The summed E-state index contributed by atoms with van der Waals surface area (Å²) in [5.41, 5.74) is 5.05. The molecule has 0 saturated heterocycles. The van der Waals surface area contributed by atoms with E-state index in [9.17, 15) is 0 Å². The average molecular weight is 300 g/mol. The number of pyridine rings is 2. The number of hydrogen-bond donors (Lipinski definition) is 0. The molecule has 0 fully saturated rings. The summed E-state index contributed by atoms with van der Waals surface area (Å²) < 4.78 is 1.85. The van der Waals surface area contributed by atoms with Gasteiger partial charge in [-0.05, 0) is 55.8 Å². The molecular formula is C19H16N4. The summed E-state index contributed by atoms with van der Waals surface area (Å²) >= 11 is 0. The SMILES string of the molecule is Cc1cc(C=Cc2nc3cccc(C)n3n2)nc2ccccc12. The Bertz CT molecular complexity index is 1040. The van der Waals surface area contributed by atoms with Crippen LogP contribution in [0.25, 0.3) is 28.7 Å². The van der Waals surface area contributed by atoms with Crippen LogP contribution in [0.5, 0.6) is 0 Å². The van der Waals surface area contributed by atoms with Gasteiger partial charge in [-0.25, -0.2) is 14.5 Å². The highest BCUT2D eigenvalue weighted by atomic mass is 15.3. The van der Waals surface area contributed by atoms with E-state index >= 15 is 0 Å². The largest absolute Gasteiger partial charge is 0.248 e. The first-order valence-corrected chi connectivity index (χ1v) is 7.57. The Hall–Kier alpha value is -3.01. The lowest BCUT2D eigenvalue weighted by Gasteiger charge is -2.02. The highest BCUT2D eigenvalue weighted by Crippen LogP contribution is 2.18. The van der Waals surface area contributed by atoms with Crippen LogP contribution in [-0.4, -0.2) is 19.6 Å². The molecule has 112 valence electrons. The first-order chi connectivity index (χ1) is 11.2. The van der Waals surface area contributed by atoms with Crippen molar-refractivity contribution in [1.29, 1.82) is 0 Å². The van der Waals surface area contributed by atoms with Gasteiger partial charge < -0.3 is 0 Å². The maximum atomic E-state index is 4.67. The Morgan fingerprint density at radius 2 is 1.78 bits per heavy atom. The highest BCUT2D eigenvalue weighted by molar-refractivity contribution is 5.83. The van der Waals surface area contributed by atoms with E-state index in [1.807, 2.05) is 60.0 Å². The first-order valence-electron chi connectivity index (χ1n) is 7.57. The van der Waals surface area contributed by atoms with Gasteiger partial charge in [-0.2, -0.15) is 0 Å². The predicted molar refractivity (Wildman–Crippen MR) is 93.1 cm³/mol. The zero-order valence-corrected chi connectivity index (χ0v) is 13.1. The molecule has 0 bridgehead atoms. The van der Waals surface area contributed by atoms with Crippen LogP contribution >= 0.6 is 0 Å². The van der Waals surface area contributed by atoms with E-state index < -0.39 is 0 Å². The predicted octanol–water partition coefficient (Wildman–Crippen LogP) is 4.06. The smallest absolute Gasteiger partial charge is 0.175 e. The Morgan fingerprint density at radius 3 is 2.65 bits per heavy atom. The van der Waals surface area contributed by atoms with E-state index in [1.54, 1.807) is 0 Å². The summed E-state index contributed by atoms with van der Waals surface area (Å²) in [6.07, 6.45) is 3.87. The molecule has 3 aromatic heterocycles. The molecule has 0 saturated carbocycles. The highest BCUT2D eigenvalue weighted by Gasteiger charge is 2.03. The van der Waals surface area contributed by atoms with Crippen molar-refractivity contribution in [3.63, 3.8) is 0 Å². The Balaban J connectivity index is 1.74. The van der Waals surface area contributed by atoms with Gasteiger partial charge in [-0.3, -0.25) is 0 Å². The van der Waals surface area contributed by atoms with E-state index in [2.05, 4.69) is 34.1 Å². The van der Waals surface area contributed by atoms with Crippen LogP contribution in [0.2, 0.25) is 0 Å². The molecule has 0 aliphatic carbocycles. The van der Waals surface area contributed by atoms with Crippen LogP contribution in [0.15, 0.2) is 48.5 Å². The third-order valence-electron chi connectivity index (χ3n) is 3.91. The molecule has 0 spiro atoms. The number of aromatic nitrogens is 4. The summed E-state index contributed by atoms with van der Waals surface area (Å²) in [6.45, 7) is 4.12. The van der Waals surface area contributed by atoms with E-state index in [4.69, 9.17) is 0 Å². The number of fused-ring (bicyclic) bond motifs is 2. The van der Waals surface area contributed by atoms with Crippen molar-refractivity contribution in [2.24, 2.45) is 0 Å². The van der Waals surface area contributed by atoms with Gasteiger partial charge >= 0.3 is 0 Å². The molecule has 4 aromatic rings. The molecule has 0 radical (unpaired) electrons. The zero-order valence-electron chi connectivity index (χ0n) is 13.1. The van der Waals surface area contributed by atoms with Gasteiger partial charge in [0.25, 0.3) is 0 Å². The number of para-hydroxylation sites is 1. The van der Waals surface area contributed by atoms with Crippen molar-refractivity contribution >= 4 is 28.7 Å². The molecule has 4 heteroatoms. The first kappa shape index (κ1) is 13.6. The summed E-state index contributed by atoms with van der Waals surface area (Å²) in [5, 5.41) is 5.69. The summed E-state index contributed by atoms with van der Waals surface area (Å²) in [6, 6.07) is 16.2. The van der Waals surface area contributed by atoms with E-state index in [-0.39, 0.29) is 0 Å². The van der Waals surface area contributed by atoms with Gasteiger partial charge in [0.15, 0.2) is 11.5 Å². The lowest BCUT2D eigenvalue weighted by molar-refractivity contribution is 0.909. The molecule has 0 amide bonds. The maximum Gasteiger partial charge on any atom is 0.175 e.